The van der Waals surface area contributed by atoms with Gasteiger partial charge in [-0.3, -0.25) is 4.90 Å². The Morgan fingerprint density at radius 3 is 2.20 bits per heavy atom. The second-order valence-electron chi connectivity index (χ2n) is 3.72. The number of halogens is 3. The van der Waals surface area contributed by atoms with Crippen molar-refractivity contribution in [2.24, 2.45) is 0 Å². The van der Waals surface area contributed by atoms with Crippen molar-refractivity contribution in [1.82, 2.24) is 10.2 Å². The summed E-state index contributed by atoms with van der Waals surface area (Å²) in [6.45, 7) is 3.86. The fourth-order valence-corrected chi connectivity index (χ4v) is 1.55. The van der Waals surface area contributed by atoms with Crippen molar-refractivity contribution >= 4 is 0 Å². The molecule has 0 heterocycles. The number of rotatable bonds is 7. The van der Waals surface area contributed by atoms with Crippen LogP contribution in [-0.2, 0) is 0 Å². The lowest BCUT2D eigenvalue weighted by atomic mass is 10.1. The Morgan fingerprint density at radius 1 is 1.27 bits per heavy atom. The number of alkyl halides is 3. The van der Waals surface area contributed by atoms with Gasteiger partial charge in [-0.1, -0.05) is 20.3 Å². The summed E-state index contributed by atoms with van der Waals surface area (Å²) in [4.78, 5) is 1.43. The van der Waals surface area contributed by atoms with E-state index < -0.39 is 12.7 Å². The molecule has 1 N–H and O–H groups in total. The van der Waals surface area contributed by atoms with Crippen LogP contribution in [0, 0.1) is 0 Å². The third kappa shape index (κ3) is 7.62. The van der Waals surface area contributed by atoms with Crippen LogP contribution >= 0.6 is 0 Å². The largest absolute Gasteiger partial charge is 0.401 e. The summed E-state index contributed by atoms with van der Waals surface area (Å²) in [5, 5.41) is 3.04. The maximum Gasteiger partial charge on any atom is 0.401 e. The van der Waals surface area contributed by atoms with Gasteiger partial charge in [-0.05, 0) is 20.0 Å². The predicted octanol–water partition coefficient (Wildman–Crippen LogP) is 2.26. The zero-order valence-electron chi connectivity index (χ0n) is 9.69. The highest BCUT2D eigenvalue weighted by atomic mass is 19.4. The van der Waals surface area contributed by atoms with E-state index in [1.807, 2.05) is 6.92 Å². The standard InChI is InChI=1S/C10H21F3N2/c1-4-6-9(14-3)7-15(5-2)8-10(11,12)13/h9,14H,4-8H2,1-3H3. The first-order valence-electron chi connectivity index (χ1n) is 5.39. The number of hydrogen-bond acceptors (Lipinski definition) is 2. The maximum atomic E-state index is 12.2. The van der Waals surface area contributed by atoms with Gasteiger partial charge < -0.3 is 5.32 Å². The number of nitrogens with one attached hydrogen (secondary N) is 1. The molecule has 2 nitrogen and oxygen atoms in total. The molecule has 0 amide bonds. The van der Waals surface area contributed by atoms with E-state index >= 15 is 0 Å². The molecule has 0 spiro atoms. The van der Waals surface area contributed by atoms with Gasteiger partial charge >= 0.3 is 6.18 Å². The van der Waals surface area contributed by atoms with Crippen molar-refractivity contribution in [2.45, 2.75) is 38.9 Å². The van der Waals surface area contributed by atoms with E-state index in [4.69, 9.17) is 0 Å². The van der Waals surface area contributed by atoms with E-state index in [-0.39, 0.29) is 6.04 Å². The summed E-state index contributed by atoms with van der Waals surface area (Å²) in [7, 11) is 1.79. The van der Waals surface area contributed by atoms with Crippen LogP contribution in [0.2, 0.25) is 0 Å². The van der Waals surface area contributed by atoms with Crippen LogP contribution in [0.25, 0.3) is 0 Å². The first-order valence-corrected chi connectivity index (χ1v) is 5.39. The fraction of sp³-hybridized carbons (Fsp3) is 1.00. The molecule has 1 atom stereocenters. The Balaban J connectivity index is 4.06. The molecule has 0 rings (SSSR count). The van der Waals surface area contributed by atoms with Crippen molar-refractivity contribution in [3.63, 3.8) is 0 Å². The van der Waals surface area contributed by atoms with Gasteiger partial charge in [0.15, 0.2) is 0 Å². The molecule has 15 heavy (non-hydrogen) atoms. The van der Waals surface area contributed by atoms with Crippen molar-refractivity contribution in [3.8, 4) is 0 Å². The summed E-state index contributed by atoms with van der Waals surface area (Å²) in [6.07, 6.45) is -2.21. The lowest BCUT2D eigenvalue weighted by Gasteiger charge is -2.26. The minimum atomic E-state index is -4.10. The third-order valence-electron chi connectivity index (χ3n) is 2.37. The van der Waals surface area contributed by atoms with Gasteiger partial charge in [0, 0.05) is 12.6 Å². The molecule has 0 aromatic rings. The molecule has 0 radical (unpaired) electrons. The monoisotopic (exact) mass is 226 g/mol. The maximum absolute atomic E-state index is 12.2. The summed E-state index contributed by atoms with van der Waals surface area (Å²) in [5.74, 6) is 0. The molecule has 0 aliphatic heterocycles. The normalized spacial score (nSPS) is 14.6. The fourth-order valence-electron chi connectivity index (χ4n) is 1.55. The molecule has 0 aliphatic rings. The molecule has 0 saturated carbocycles. The highest BCUT2D eigenvalue weighted by Crippen LogP contribution is 2.16. The van der Waals surface area contributed by atoms with Gasteiger partial charge in [-0.25, -0.2) is 0 Å². The van der Waals surface area contributed by atoms with Crippen LogP contribution in [0.4, 0.5) is 13.2 Å². The van der Waals surface area contributed by atoms with Gasteiger partial charge in [-0.15, -0.1) is 0 Å². The third-order valence-corrected chi connectivity index (χ3v) is 2.37. The van der Waals surface area contributed by atoms with Crippen molar-refractivity contribution in [3.05, 3.63) is 0 Å². The van der Waals surface area contributed by atoms with Crippen LogP contribution in [-0.4, -0.2) is 43.8 Å². The SMILES string of the molecule is CCCC(CN(CC)CC(F)(F)F)NC. The molecule has 0 aromatic carbocycles. The van der Waals surface area contributed by atoms with Gasteiger partial charge in [0.25, 0.3) is 0 Å². The summed E-state index contributed by atoms with van der Waals surface area (Å²) in [5.41, 5.74) is 0. The van der Waals surface area contributed by atoms with Gasteiger partial charge in [0.05, 0.1) is 6.54 Å². The lowest BCUT2D eigenvalue weighted by molar-refractivity contribution is -0.146. The van der Waals surface area contributed by atoms with E-state index in [0.717, 1.165) is 12.8 Å². The lowest BCUT2D eigenvalue weighted by Crippen LogP contribution is -2.43. The minimum absolute atomic E-state index is 0.150. The average Bonchev–Trinajstić information content (AvgIpc) is 2.13. The Morgan fingerprint density at radius 2 is 1.87 bits per heavy atom. The molecule has 0 bridgehead atoms. The molecule has 0 aromatic heterocycles. The number of nitrogens with zero attached hydrogens (tertiary/aromatic N) is 1. The molecule has 0 aliphatic carbocycles. The molecular formula is C10H21F3N2. The van der Waals surface area contributed by atoms with E-state index in [2.05, 4.69) is 5.32 Å². The van der Waals surface area contributed by atoms with Crippen molar-refractivity contribution in [2.75, 3.05) is 26.7 Å². The van der Waals surface area contributed by atoms with Crippen LogP contribution in [0.5, 0.6) is 0 Å². The van der Waals surface area contributed by atoms with Crippen molar-refractivity contribution < 1.29 is 13.2 Å². The van der Waals surface area contributed by atoms with E-state index in [9.17, 15) is 13.2 Å². The van der Waals surface area contributed by atoms with Crippen LogP contribution in [0.15, 0.2) is 0 Å². The zero-order valence-corrected chi connectivity index (χ0v) is 9.69. The number of likely N-dealkylation sites (N-methyl/N-ethyl adjacent to an activating group) is 2. The van der Waals surface area contributed by atoms with Crippen LogP contribution in [0.3, 0.4) is 0 Å². The smallest absolute Gasteiger partial charge is 0.316 e. The van der Waals surface area contributed by atoms with Crippen molar-refractivity contribution in [1.29, 1.82) is 0 Å². The van der Waals surface area contributed by atoms with E-state index in [0.29, 0.717) is 13.1 Å². The predicted molar refractivity (Wildman–Crippen MR) is 55.9 cm³/mol. The highest BCUT2D eigenvalue weighted by Gasteiger charge is 2.30. The molecule has 0 saturated heterocycles. The van der Waals surface area contributed by atoms with Crippen LogP contribution in [0.1, 0.15) is 26.7 Å². The average molecular weight is 226 g/mol. The molecular weight excluding hydrogens is 205 g/mol. The Bertz CT molecular complexity index is 159. The zero-order chi connectivity index (χ0) is 11.9. The molecule has 5 heteroatoms. The van der Waals surface area contributed by atoms with Gasteiger partial charge in [-0.2, -0.15) is 13.2 Å². The van der Waals surface area contributed by atoms with Gasteiger partial charge in [0.2, 0.25) is 0 Å². The Kier molecular flexibility index (Phi) is 6.92. The minimum Gasteiger partial charge on any atom is -0.316 e. The molecule has 1 unspecified atom stereocenters. The Hall–Kier alpha value is -0.290. The molecule has 92 valence electrons. The topological polar surface area (TPSA) is 15.3 Å². The first-order chi connectivity index (χ1) is 6.92. The molecule has 0 fully saturated rings. The van der Waals surface area contributed by atoms with E-state index in [1.54, 1.807) is 14.0 Å². The Labute approximate surface area is 89.8 Å². The van der Waals surface area contributed by atoms with Gasteiger partial charge in [0.1, 0.15) is 0 Å². The van der Waals surface area contributed by atoms with Crippen LogP contribution < -0.4 is 5.32 Å². The first kappa shape index (κ1) is 14.7. The van der Waals surface area contributed by atoms with E-state index in [1.165, 1.54) is 4.90 Å². The second kappa shape index (κ2) is 7.06. The summed E-state index contributed by atoms with van der Waals surface area (Å²) in [6, 6.07) is 0.150. The number of hydrogen-bond donors (Lipinski definition) is 1. The second-order valence-corrected chi connectivity index (χ2v) is 3.72. The quantitative estimate of drug-likeness (QED) is 0.716. The summed E-state index contributed by atoms with van der Waals surface area (Å²) < 4.78 is 36.5. The summed E-state index contributed by atoms with van der Waals surface area (Å²) >= 11 is 0. The highest BCUT2D eigenvalue weighted by molar-refractivity contribution is 4.71.